The zero-order valence-corrected chi connectivity index (χ0v) is 10.3. The van der Waals surface area contributed by atoms with Crippen molar-refractivity contribution in [3.8, 4) is 6.07 Å². The molecule has 1 rings (SSSR count). The number of ketones is 1. The third kappa shape index (κ3) is 2.98. The highest BCUT2D eigenvalue weighted by molar-refractivity contribution is 6.36. The molecule has 0 N–H and O–H groups in total. The number of benzene rings is 1. The molecule has 84 valence electrons. The van der Waals surface area contributed by atoms with Gasteiger partial charge in [-0.1, -0.05) is 36.5 Å². The van der Waals surface area contributed by atoms with Crippen LogP contribution in [0, 0.1) is 17.2 Å². The van der Waals surface area contributed by atoms with Crippen LogP contribution in [0.4, 0.5) is 0 Å². The number of carbonyl (C=O) groups is 1. The van der Waals surface area contributed by atoms with Crippen molar-refractivity contribution in [2.24, 2.45) is 5.92 Å². The van der Waals surface area contributed by atoms with Gasteiger partial charge in [0.15, 0.2) is 5.78 Å². The Bertz CT molecular complexity index is 437. The summed E-state index contributed by atoms with van der Waals surface area (Å²) in [6, 6.07) is 6.67. The number of halogens is 2. The predicted molar refractivity (Wildman–Crippen MR) is 64.8 cm³/mol. The van der Waals surface area contributed by atoms with Crippen molar-refractivity contribution in [2.75, 3.05) is 0 Å². The number of rotatable bonds is 4. The Labute approximate surface area is 105 Å². The fourth-order valence-electron chi connectivity index (χ4n) is 1.42. The maximum atomic E-state index is 11.9. The number of nitrogens with zero attached hydrogens (tertiary/aromatic N) is 1. The summed E-state index contributed by atoms with van der Waals surface area (Å²) in [4.78, 5) is 11.9. The molecule has 0 aromatic heterocycles. The second-order valence-corrected chi connectivity index (χ2v) is 4.30. The third-order valence-electron chi connectivity index (χ3n) is 2.25. The van der Waals surface area contributed by atoms with Gasteiger partial charge in [-0.3, -0.25) is 4.79 Å². The molecule has 0 aliphatic carbocycles. The minimum atomic E-state index is -0.622. The largest absolute Gasteiger partial charge is 0.293 e. The Kier molecular flexibility index (Phi) is 4.79. The van der Waals surface area contributed by atoms with Gasteiger partial charge < -0.3 is 0 Å². The molecule has 0 amide bonds. The van der Waals surface area contributed by atoms with E-state index in [9.17, 15) is 4.79 Å². The molecule has 0 spiro atoms. The van der Waals surface area contributed by atoms with Crippen LogP contribution in [0.3, 0.4) is 0 Å². The van der Waals surface area contributed by atoms with E-state index in [1.807, 2.05) is 13.0 Å². The van der Waals surface area contributed by atoms with Crippen LogP contribution in [0.2, 0.25) is 10.0 Å². The maximum Gasteiger partial charge on any atom is 0.181 e. The van der Waals surface area contributed by atoms with Crippen LogP contribution in [-0.4, -0.2) is 5.78 Å². The van der Waals surface area contributed by atoms with Gasteiger partial charge in [-0.25, -0.2) is 0 Å². The molecule has 1 unspecified atom stereocenters. The second kappa shape index (κ2) is 5.89. The average molecular weight is 256 g/mol. The van der Waals surface area contributed by atoms with Crippen LogP contribution in [0.25, 0.3) is 0 Å². The summed E-state index contributed by atoms with van der Waals surface area (Å²) in [5.41, 5.74) is 0.367. The van der Waals surface area contributed by atoms with Gasteiger partial charge in [0.05, 0.1) is 11.1 Å². The molecule has 1 aromatic rings. The first kappa shape index (κ1) is 13.0. The summed E-state index contributed by atoms with van der Waals surface area (Å²) in [5.74, 6) is -0.852. The summed E-state index contributed by atoms with van der Waals surface area (Å²) < 4.78 is 0. The molecule has 0 aliphatic rings. The van der Waals surface area contributed by atoms with Crippen molar-refractivity contribution in [1.29, 1.82) is 5.26 Å². The van der Waals surface area contributed by atoms with Crippen LogP contribution < -0.4 is 0 Å². The fourth-order valence-corrected chi connectivity index (χ4v) is 1.92. The minimum Gasteiger partial charge on any atom is -0.293 e. The topological polar surface area (TPSA) is 40.9 Å². The van der Waals surface area contributed by atoms with Gasteiger partial charge in [0.1, 0.15) is 5.92 Å². The van der Waals surface area contributed by atoms with E-state index < -0.39 is 5.92 Å². The number of hydrogen-bond donors (Lipinski definition) is 0. The number of hydrogen-bond acceptors (Lipinski definition) is 2. The first-order chi connectivity index (χ1) is 7.60. The number of carbonyl (C=O) groups excluding carboxylic acids is 1. The highest BCUT2D eigenvalue weighted by Crippen LogP contribution is 2.24. The maximum absolute atomic E-state index is 11.9. The molecule has 1 aromatic carbocycles. The molecular formula is C12H11Cl2NO. The van der Waals surface area contributed by atoms with Crippen molar-refractivity contribution in [1.82, 2.24) is 0 Å². The molecule has 1 atom stereocenters. The smallest absolute Gasteiger partial charge is 0.181 e. The van der Waals surface area contributed by atoms with E-state index in [2.05, 4.69) is 0 Å². The van der Waals surface area contributed by atoms with Gasteiger partial charge in [-0.15, -0.1) is 0 Å². The lowest BCUT2D eigenvalue weighted by Crippen LogP contribution is -2.13. The van der Waals surface area contributed by atoms with Crippen LogP contribution in [0.15, 0.2) is 18.2 Å². The lowest BCUT2D eigenvalue weighted by Gasteiger charge is -2.08. The molecular weight excluding hydrogens is 245 g/mol. The van der Waals surface area contributed by atoms with E-state index in [1.54, 1.807) is 12.1 Å². The van der Waals surface area contributed by atoms with E-state index in [0.717, 1.165) is 6.42 Å². The monoisotopic (exact) mass is 255 g/mol. The third-order valence-corrected chi connectivity index (χ3v) is 2.79. The molecule has 0 saturated heterocycles. The zero-order chi connectivity index (χ0) is 12.1. The van der Waals surface area contributed by atoms with Crippen molar-refractivity contribution in [2.45, 2.75) is 19.8 Å². The molecule has 2 nitrogen and oxygen atoms in total. The lowest BCUT2D eigenvalue weighted by atomic mass is 9.95. The van der Waals surface area contributed by atoms with Crippen molar-refractivity contribution >= 4 is 29.0 Å². The molecule has 4 heteroatoms. The van der Waals surface area contributed by atoms with Crippen molar-refractivity contribution in [3.05, 3.63) is 33.8 Å². The molecule has 0 saturated carbocycles. The van der Waals surface area contributed by atoms with E-state index >= 15 is 0 Å². The lowest BCUT2D eigenvalue weighted by molar-refractivity contribution is 0.0944. The number of Topliss-reactive ketones (excluding diaryl/α,β-unsaturated/α-hetero) is 1. The Morgan fingerprint density at radius 1 is 1.50 bits per heavy atom. The van der Waals surface area contributed by atoms with Gasteiger partial charge in [-0.05, 0) is 24.6 Å². The van der Waals surface area contributed by atoms with E-state index in [1.165, 1.54) is 6.07 Å². The van der Waals surface area contributed by atoms with Crippen molar-refractivity contribution in [3.63, 3.8) is 0 Å². The van der Waals surface area contributed by atoms with Crippen LogP contribution in [-0.2, 0) is 0 Å². The average Bonchev–Trinajstić information content (AvgIpc) is 2.25. The van der Waals surface area contributed by atoms with Crippen LogP contribution in [0.5, 0.6) is 0 Å². The fraction of sp³-hybridized carbons (Fsp3) is 0.333. The van der Waals surface area contributed by atoms with Gasteiger partial charge in [0, 0.05) is 10.6 Å². The highest BCUT2D eigenvalue weighted by Gasteiger charge is 2.20. The molecule has 0 fully saturated rings. The summed E-state index contributed by atoms with van der Waals surface area (Å²) in [6.07, 6.45) is 1.34. The van der Waals surface area contributed by atoms with E-state index in [0.29, 0.717) is 22.0 Å². The van der Waals surface area contributed by atoms with Gasteiger partial charge >= 0.3 is 0 Å². The summed E-state index contributed by atoms with van der Waals surface area (Å²) in [6.45, 7) is 1.93. The van der Waals surface area contributed by atoms with E-state index in [-0.39, 0.29) is 5.78 Å². The Morgan fingerprint density at radius 3 is 2.69 bits per heavy atom. The van der Waals surface area contributed by atoms with Crippen LogP contribution in [0.1, 0.15) is 30.1 Å². The normalized spacial score (nSPS) is 11.9. The molecule has 0 radical (unpaired) electrons. The second-order valence-electron chi connectivity index (χ2n) is 3.46. The van der Waals surface area contributed by atoms with Crippen LogP contribution >= 0.6 is 23.2 Å². The Morgan fingerprint density at radius 2 is 2.19 bits per heavy atom. The molecule has 0 heterocycles. The Hall–Kier alpha value is -1.04. The predicted octanol–water partition coefficient (Wildman–Crippen LogP) is 4.12. The van der Waals surface area contributed by atoms with Gasteiger partial charge in [0.25, 0.3) is 0 Å². The van der Waals surface area contributed by atoms with Gasteiger partial charge in [0.2, 0.25) is 0 Å². The molecule has 0 bridgehead atoms. The first-order valence-corrected chi connectivity index (χ1v) is 5.74. The standard InChI is InChI=1S/C12H11Cl2NO/c1-2-3-8(7-15)12(16)10-5-4-9(13)6-11(10)14/h4-6,8H,2-3H2,1H3. The molecule has 16 heavy (non-hydrogen) atoms. The van der Waals surface area contributed by atoms with Crippen molar-refractivity contribution < 1.29 is 4.79 Å². The SMILES string of the molecule is CCCC(C#N)C(=O)c1ccc(Cl)cc1Cl. The molecule has 0 aliphatic heterocycles. The van der Waals surface area contributed by atoms with E-state index in [4.69, 9.17) is 28.5 Å². The Balaban J connectivity index is 3.00. The highest BCUT2D eigenvalue weighted by atomic mass is 35.5. The zero-order valence-electron chi connectivity index (χ0n) is 8.84. The first-order valence-electron chi connectivity index (χ1n) is 4.99. The quantitative estimate of drug-likeness (QED) is 0.760. The summed E-state index contributed by atoms with van der Waals surface area (Å²) >= 11 is 11.6. The summed E-state index contributed by atoms with van der Waals surface area (Å²) in [5, 5.41) is 9.67. The van der Waals surface area contributed by atoms with Gasteiger partial charge in [-0.2, -0.15) is 5.26 Å². The summed E-state index contributed by atoms with van der Waals surface area (Å²) in [7, 11) is 0. The minimum absolute atomic E-state index is 0.231. The number of nitriles is 1.